The number of benzene rings is 2. The summed E-state index contributed by atoms with van der Waals surface area (Å²) in [6, 6.07) is 11.7. The summed E-state index contributed by atoms with van der Waals surface area (Å²) in [6.45, 7) is 1.35. The normalized spacial score (nSPS) is 17.3. The van der Waals surface area contributed by atoms with Gasteiger partial charge in [0.1, 0.15) is 23.9 Å². The minimum atomic E-state index is -3.65. The highest BCUT2D eigenvalue weighted by Crippen LogP contribution is 2.41. The molecule has 0 aliphatic carbocycles. The summed E-state index contributed by atoms with van der Waals surface area (Å²) in [6.07, 6.45) is 1.53. The van der Waals surface area contributed by atoms with Gasteiger partial charge in [-0.15, -0.1) is 0 Å². The van der Waals surface area contributed by atoms with Crippen LogP contribution >= 0.6 is 0 Å². The highest BCUT2D eigenvalue weighted by atomic mass is 32.2. The zero-order chi connectivity index (χ0) is 20.9. The molecule has 3 rings (SSSR count). The summed E-state index contributed by atoms with van der Waals surface area (Å²) in [5.74, 6) is 1.90. The summed E-state index contributed by atoms with van der Waals surface area (Å²) in [5.41, 5.74) is 0.842. The fraction of sp³-hybridized carbons (Fsp3) is 0.429. The topological polar surface area (TPSA) is 74.3 Å². The zero-order valence-electron chi connectivity index (χ0n) is 17.0. The molecule has 1 heterocycles. The van der Waals surface area contributed by atoms with E-state index in [-0.39, 0.29) is 10.9 Å². The molecule has 0 radical (unpaired) electrons. The largest absolute Gasteiger partial charge is 0.497 e. The molecule has 0 saturated carbocycles. The number of ether oxygens (including phenoxy) is 4. The average Bonchev–Trinajstić information content (AvgIpc) is 3.24. The summed E-state index contributed by atoms with van der Waals surface area (Å²) in [5, 5.41) is 0. The summed E-state index contributed by atoms with van der Waals surface area (Å²) in [4.78, 5) is 0.246. The lowest BCUT2D eigenvalue weighted by atomic mass is 10.0. The monoisotopic (exact) mass is 421 g/mol. The van der Waals surface area contributed by atoms with Crippen LogP contribution in [0.4, 0.5) is 0 Å². The Bertz CT molecular complexity index is 913. The van der Waals surface area contributed by atoms with Gasteiger partial charge in [-0.1, -0.05) is 6.07 Å². The molecule has 0 aromatic heterocycles. The van der Waals surface area contributed by atoms with Gasteiger partial charge in [-0.25, -0.2) is 8.42 Å². The third-order valence-corrected chi connectivity index (χ3v) is 6.91. The highest BCUT2D eigenvalue weighted by molar-refractivity contribution is 7.89. The summed E-state index contributed by atoms with van der Waals surface area (Å²) in [7, 11) is 1.11. The first kappa shape index (κ1) is 21.4. The van der Waals surface area contributed by atoms with E-state index in [4.69, 9.17) is 18.9 Å². The molecule has 158 valence electrons. The second-order valence-corrected chi connectivity index (χ2v) is 8.58. The Balaban J connectivity index is 1.85. The molecule has 0 amide bonds. The molecule has 7 nitrogen and oxygen atoms in total. The lowest BCUT2D eigenvalue weighted by molar-refractivity contribution is 0.146. The van der Waals surface area contributed by atoms with Crippen molar-refractivity contribution in [3.63, 3.8) is 0 Å². The van der Waals surface area contributed by atoms with E-state index in [1.807, 2.05) is 12.1 Å². The van der Waals surface area contributed by atoms with Crippen molar-refractivity contribution < 1.29 is 27.4 Å². The molecule has 1 fully saturated rings. The van der Waals surface area contributed by atoms with E-state index in [1.165, 1.54) is 0 Å². The molecule has 1 aliphatic rings. The molecule has 1 atom stereocenters. The Kier molecular flexibility index (Phi) is 7.00. The van der Waals surface area contributed by atoms with Gasteiger partial charge in [0, 0.05) is 25.3 Å². The van der Waals surface area contributed by atoms with E-state index in [9.17, 15) is 8.42 Å². The predicted octanol–water partition coefficient (Wildman–Crippen LogP) is 3.25. The Morgan fingerprint density at radius 2 is 1.69 bits per heavy atom. The first-order valence-electron chi connectivity index (χ1n) is 9.47. The van der Waals surface area contributed by atoms with Crippen LogP contribution in [0.15, 0.2) is 47.4 Å². The number of nitrogens with zero attached hydrogens (tertiary/aromatic N) is 1. The first-order valence-corrected chi connectivity index (χ1v) is 10.9. The second-order valence-electron chi connectivity index (χ2n) is 6.69. The van der Waals surface area contributed by atoms with Crippen LogP contribution in [0.3, 0.4) is 0 Å². The van der Waals surface area contributed by atoms with Crippen LogP contribution in [-0.2, 0) is 14.8 Å². The Labute approximate surface area is 172 Å². The first-order chi connectivity index (χ1) is 14.0. The van der Waals surface area contributed by atoms with Crippen LogP contribution in [-0.4, -0.2) is 53.8 Å². The molecule has 2 aromatic carbocycles. The molecule has 2 aromatic rings. The van der Waals surface area contributed by atoms with Crippen LogP contribution in [0.2, 0.25) is 0 Å². The predicted molar refractivity (Wildman–Crippen MR) is 109 cm³/mol. The van der Waals surface area contributed by atoms with Gasteiger partial charge >= 0.3 is 0 Å². The maximum Gasteiger partial charge on any atom is 0.243 e. The van der Waals surface area contributed by atoms with Crippen molar-refractivity contribution in [2.75, 3.05) is 41.1 Å². The average molecular weight is 422 g/mol. The van der Waals surface area contributed by atoms with Gasteiger partial charge in [0.2, 0.25) is 10.0 Å². The van der Waals surface area contributed by atoms with Gasteiger partial charge in [0.05, 0.1) is 31.8 Å². The van der Waals surface area contributed by atoms with E-state index in [0.29, 0.717) is 37.0 Å². The molecule has 0 spiro atoms. The third-order valence-electron chi connectivity index (χ3n) is 4.99. The lowest BCUT2D eigenvalue weighted by Gasteiger charge is -2.26. The third kappa shape index (κ3) is 4.66. The molecule has 0 bridgehead atoms. The number of rotatable bonds is 9. The fourth-order valence-corrected chi connectivity index (χ4v) is 5.19. The lowest BCUT2D eigenvalue weighted by Crippen LogP contribution is -2.30. The van der Waals surface area contributed by atoms with Crippen molar-refractivity contribution >= 4 is 10.0 Å². The quantitative estimate of drug-likeness (QED) is 0.579. The van der Waals surface area contributed by atoms with E-state index in [1.54, 1.807) is 56.0 Å². The minimum absolute atomic E-state index is 0.246. The van der Waals surface area contributed by atoms with Crippen LogP contribution in [0.1, 0.15) is 24.4 Å². The molecule has 1 saturated heterocycles. The van der Waals surface area contributed by atoms with Crippen molar-refractivity contribution in [1.82, 2.24) is 4.31 Å². The van der Waals surface area contributed by atoms with E-state index in [2.05, 4.69) is 0 Å². The van der Waals surface area contributed by atoms with E-state index in [0.717, 1.165) is 18.4 Å². The van der Waals surface area contributed by atoms with Gasteiger partial charge < -0.3 is 18.9 Å². The van der Waals surface area contributed by atoms with Crippen LogP contribution in [0.5, 0.6) is 17.2 Å². The van der Waals surface area contributed by atoms with Gasteiger partial charge in [0.25, 0.3) is 0 Å². The van der Waals surface area contributed by atoms with Gasteiger partial charge in [0.15, 0.2) is 0 Å². The molecular formula is C21H27NO6S. The van der Waals surface area contributed by atoms with Crippen molar-refractivity contribution in [3.8, 4) is 17.2 Å². The Morgan fingerprint density at radius 1 is 0.966 bits per heavy atom. The molecule has 29 heavy (non-hydrogen) atoms. The SMILES string of the molecule is COCCOc1ccc(S(=O)(=O)N2CCCC2c2ccc(OC)cc2OC)cc1. The minimum Gasteiger partial charge on any atom is -0.497 e. The fourth-order valence-electron chi connectivity index (χ4n) is 3.52. The van der Waals surface area contributed by atoms with Crippen molar-refractivity contribution in [2.24, 2.45) is 0 Å². The van der Waals surface area contributed by atoms with Crippen LogP contribution < -0.4 is 14.2 Å². The molecule has 0 N–H and O–H groups in total. The Morgan fingerprint density at radius 3 is 2.34 bits per heavy atom. The standard InChI is InChI=1S/C21H27NO6S/c1-25-13-14-28-16-6-9-18(10-7-16)29(23,24)22-12-4-5-20(22)19-11-8-17(26-2)15-21(19)27-3/h6-11,15,20H,4-5,12-14H2,1-3H3. The van der Waals surface area contributed by atoms with Crippen molar-refractivity contribution in [1.29, 1.82) is 0 Å². The molecule has 1 unspecified atom stereocenters. The number of hydrogen-bond acceptors (Lipinski definition) is 6. The van der Waals surface area contributed by atoms with Gasteiger partial charge in [-0.2, -0.15) is 4.31 Å². The summed E-state index contributed by atoms with van der Waals surface area (Å²) < 4.78 is 49.4. The number of methoxy groups -OCH3 is 3. The van der Waals surface area contributed by atoms with Crippen molar-refractivity contribution in [3.05, 3.63) is 48.0 Å². The zero-order valence-corrected chi connectivity index (χ0v) is 17.8. The van der Waals surface area contributed by atoms with E-state index >= 15 is 0 Å². The second kappa shape index (κ2) is 9.47. The molecule has 1 aliphatic heterocycles. The summed E-state index contributed by atoms with van der Waals surface area (Å²) >= 11 is 0. The van der Waals surface area contributed by atoms with Gasteiger partial charge in [-0.3, -0.25) is 0 Å². The van der Waals surface area contributed by atoms with Crippen LogP contribution in [0, 0.1) is 0 Å². The molecular weight excluding hydrogens is 394 g/mol. The molecule has 8 heteroatoms. The maximum atomic E-state index is 13.3. The number of hydrogen-bond donors (Lipinski definition) is 0. The van der Waals surface area contributed by atoms with Crippen molar-refractivity contribution in [2.45, 2.75) is 23.8 Å². The number of sulfonamides is 1. The Hall–Kier alpha value is -2.29. The van der Waals surface area contributed by atoms with Gasteiger partial charge in [-0.05, 0) is 43.2 Å². The smallest absolute Gasteiger partial charge is 0.243 e. The maximum absolute atomic E-state index is 13.3. The van der Waals surface area contributed by atoms with Crippen LogP contribution in [0.25, 0.3) is 0 Å². The highest BCUT2D eigenvalue weighted by Gasteiger charge is 2.37. The van der Waals surface area contributed by atoms with E-state index < -0.39 is 10.0 Å².